The second kappa shape index (κ2) is 12.8. The smallest absolute Gasteiger partial charge is 0.154 e. The van der Waals surface area contributed by atoms with E-state index < -0.39 is 10.8 Å². The van der Waals surface area contributed by atoms with Gasteiger partial charge in [-0.1, -0.05) is 61.0 Å². The molecule has 6 nitrogen and oxygen atoms in total. The van der Waals surface area contributed by atoms with Crippen LogP contribution in [-0.4, -0.2) is 44.7 Å². The van der Waals surface area contributed by atoms with Crippen LogP contribution in [0.4, 0.5) is 5.82 Å². The fourth-order valence-corrected chi connectivity index (χ4v) is 5.02. The molecule has 1 saturated heterocycles. The normalized spacial score (nSPS) is 14.7. The van der Waals surface area contributed by atoms with E-state index in [2.05, 4.69) is 28.9 Å². The van der Waals surface area contributed by atoms with Gasteiger partial charge in [0.25, 0.3) is 0 Å². The third-order valence-electron chi connectivity index (χ3n) is 6.61. The van der Waals surface area contributed by atoms with Crippen molar-refractivity contribution >= 4 is 27.4 Å². The molecule has 1 unspecified atom stereocenters. The minimum atomic E-state index is -1.12. The Balaban J connectivity index is 0.000000301. The van der Waals surface area contributed by atoms with E-state index in [9.17, 15) is 4.21 Å². The topological polar surface area (TPSA) is 81.3 Å². The maximum absolute atomic E-state index is 12.0. The van der Waals surface area contributed by atoms with Gasteiger partial charge in [0.2, 0.25) is 0 Å². The summed E-state index contributed by atoms with van der Waals surface area (Å²) in [5, 5.41) is 10.2. The molecular weight excluding hydrogens is 480 g/mol. The summed E-state index contributed by atoms with van der Waals surface area (Å²) in [6, 6.07) is 23.9. The maximum Gasteiger partial charge on any atom is 0.154 e. The lowest BCUT2D eigenvalue weighted by atomic mass is 10.0. The van der Waals surface area contributed by atoms with E-state index in [-0.39, 0.29) is 0 Å². The largest absolute Gasteiger partial charge is 0.488 e. The number of ether oxygens (including phenoxy) is 1. The highest BCUT2D eigenvalue weighted by Crippen LogP contribution is 2.36. The van der Waals surface area contributed by atoms with Crippen molar-refractivity contribution in [2.45, 2.75) is 50.7 Å². The van der Waals surface area contributed by atoms with Crippen LogP contribution in [0.25, 0.3) is 22.0 Å². The molecule has 0 saturated carbocycles. The number of hydrogen-bond acceptors (Lipinski definition) is 6. The first-order valence-electron chi connectivity index (χ1n) is 12.8. The maximum atomic E-state index is 12.0. The van der Waals surface area contributed by atoms with Crippen LogP contribution in [0.15, 0.2) is 77.7 Å². The lowest BCUT2D eigenvalue weighted by Crippen LogP contribution is -2.35. The summed E-state index contributed by atoms with van der Waals surface area (Å²) in [5.41, 5.74) is 8.51. The Morgan fingerprint density at radius 1 is 0.919 bits per heavy atom. The third-order valence-corrected chi connectivity index (χ3v) is 7.53. The molecule has 194 valence electrons. The average molecular weight is 517 g/mol. The van der Waals surface area contributed by atoms with Gasteiger partial charge in [-0.25, -0.2) is 0 Å². The zero-order chi connectivity index (χ0) is 26.2. The second-order valence-electron chi connectivity index (χ2n) is 9.56. The molecule has 0 amide bonds. The van der Waals surface area contributed by atoms with Crippen molar-refractivity contribution < 1.29 is 8.95 Å². The summed E-state index contributed by atoms with van der Waals surface area (Å²) in [4.78, 5) is 3.25. The second-order valence-corrected chi connectivity index (χ2v) is 10.9. The van der Waals surface area contributed by atoms with Crippen LogP contribution in [0.5, 0.6) is 5.75 Å². The predicted molar refractivity (Wildman–Crippen MR) is 153 cm³/mol. The molecule has 3 aromatic carbocycles. The van der Waals surface area contributed by atoms with Crippen molar-refractivity contribution in [3.63, 3.8) is 0 Å². The number of fused-ring (bicyclic) bond motifs is 1. The van der Waals surface area contributed by atoms with Gasteiger partial charge in [-0.3, -0.25) is 4.21 Å². The Morgan fingerprint density at radius 3 is 2.24 bits per heavy atom. The molecule has 1 fully saturated rings. The molecule has 5 rings (SSSR count). The Labute approximate surface area is 222 Å². The Kier molecular flexibility index (Phi) is 9.25. The fourth-order valence-electron chi connectivity index (χ4n) is 4.49. The average Bonchev–Trinajstić information content (AvgIpc) is 2.94. The summed E-state index contributed by atoms with van der Waals surface area (Å²) < 4.78 is 18.1. The molecule has 1 atom stereocenters. The molecule has 1 aliphatic heterocycles. The molecule has 1 aromatic heterocycles. The molecule has 0 aliphatic carbocycles. The summed E-state index contributed by atoms with van der Waals surface area (Å²) in [6.45, 7) is 7.62. The van der Waals surface area contributed by atoms with Crippen LogP contribution in [-0.2, 0) is 17.4 Å². The third kappa shape index (κ3) is 6.93. The first-order chi connectivity index (χ1) is 17.9. The van der Waals surface area contributed by atoms with Gasteiger partial charge < -0.3 is 15.4 Å². The van der Waals surface area contributed by atoms with Gasteiger partial charge in [0.05, 0.1) is 0 Å². The van der Waals surface area contributed by atoms with E-state index in [0.29, 0.717) is 28.8 Å². The highest BCUT2D eigenvalue weighted by molar-refractivity contribution is 7.84. The number of likely N-dealkylation sites (tertiary alicyclic amines) is 1. The van der Waals surface area contributed by atoms with Crippen molar-refractivity contribution in [2.75, 3.05) is 25.1 Å². The number of aromatic nitrogens is 2. The van der Waals surface area contributed by atoms with Crippen LogP contribution in [0.3, 0.4) is 0 Å². The number of nitrogen functional groups attached to an aromatic ring is 1. The quantitative estimate of drug-likeness (QED) is 0.335. The summed E-state index contributed by atoms with van der Waals surface area (Å²) in [7, 11) is -1.12. The van der Waals surface area contributed by atoms with Gasteiger partial charge in [0.1, 0.15) is 18.1 Å². The van der Waals surface area contributed by atoms with E-state index in [4.69, 9.17) is 10.5 Å². The number of piperidine rings is 1. The van der Waals surface area contributed by atoms with Crippen molar-refractivity contribution in [1.29, 1.82) is 0 Å². The summed E-state index contributed by atoms with van der Waals surface area (Å²) >= 11 is 0. The molecule has 1 aliphatic rings. The van der Waals surface area contributed by atoms with Crippen LogP contribution in [0.2, 0.25) is 0 Å². The molecule has 37 heavy (non-hydrogen) atoms. The highest BCUT2D eigenvalue weighted by atomic mass is 32.2. The number of nitrogens with zero attached hydrogens (tertiary/aromatic N) is 3. The predicted octanol–water partition coefficient (Wildman–Crippen LogP) is 6.08. The summed E-state index contributed by atoms with van der Waals surface area (Å²) in [5.74, 6) is 0.998. The number of hydrogen-bond donors (Lipinski definition) is 1. The van der Waals surface area contributed by atoms with E-state index in [1.807, 2.05) is 66.7 Å². The van der Waals surface area contributed by atoms with Crippen LogP contribution < -0.4 is 10.5 Å². The van der Waals surface area contributed by atoms with Gasteiger partial charge in [-0.15, -0.1) is 10.2 Å². The van der Waals surface area contributed by atoms with Crippen LogP contribution in [0, 0.1) is 0 Å². The molecular formula is C30H36N4O2S. The van der Waals surface area contributed by atoms with Crippen LogP contribution in [0.1, 0.15) is 38.7 Å². The van der Waals surface area contributed by atoms with E-state index in [0.717, 1.165) is 27.9 Å². The zero-order valence-corrected chi connectivity index (χ0v) is 22.7. The first kappa shape index (κ1) is 26.8. The van der Waals surface area contributed by atoms with Gasteiger partial charge in [0, 0.05) is 44.3 Å². The molecule has 0 radical (unpaired) electrons. The summed E-state index contributed by atoms with van der Waals surface area (Å²) in [6.07, 6.45) is 5.92. The van der Waals surface area contributed by atoms with E-state index >= 15 is 0 Å². The minimum absolute atomic E-state index is 0.386. The van der Waals surface area contributed by atoms with Gasteiger partial charge in [-0.2, -0.15) is 0 Å². The standard InChI is InChI=1S/C22H19N3O2S.C8H17N/c1-28(26)16-11-12-19(20(13-16)27-14-15-7-3-2-4-8-15)21-17-9-5-6-10-18(17)22(23)25-24-21;1-8(2)9-6-4-3-5-7-9/h2-13H,14H2,1H3,(H2,23,25);8H,3-7H2,1-2H3. The SMILES string of the molecule is CC(C)N1CCCCC1.CS(=O)c1ccc(-c2nnc(N)c3ccccc23)c(OCc2ccccc2)c1. The minimum Gasteiger partial charge on any atom is -0.488 e. The van der Waals surface area contributed by atoms with E-state index in [1.54, 1.807) is 12.3 Å². The molecule has 7 heteroatoms. The Morgan fingerprint density at radius 2 is 1.59 bits per heavy atom. The lowest BCUT2D eigenvalue weighted by molar-refractivity contribution is 0.185. The van der Waals surface area contributed by atoms with Crippen molar-refractivity contribution in [3.8, 4) is 17.0 Å². The van der Waals surface area contributed by atoms with E-state index in [1.165, 1.54) is 32.4 Å². The molecule has 2 heterocycles. The number of rotatable bonds is 6. The molecule has 2 N–H and O–H groups in total. The fraction of sp³-hybridized carbons (Fsp3) is 0.333. The lowest BCUT2D eigenvalue weighted by Gasteiger charge is -2.29. The monoisotopic (exact) mass is 516 g/mol. The highest BCUT2D eigenvalue weighted by Gasteiger charge is 2.16. The molecule has 4 aromatic rings. The van der Waals surface area contributed by atoms with Gasteiger partial charge >= 0.3 is 0 Å². The Bertz CT molecular complexity index is 1340. The zero-order valence-electron chi connectivity index (χ0n) is 21.9. The number of anilines is 1. The number of nitrogens with two attached hydrogens (primary N) is 1. The van der Waals surface area contributed by atoms with Crippen molar-refractivity contribution in [2.24, 2.45) is 0 Å². The van der Waals surface area contributed by atoms with Crippen LogP contribution >= 0.6 is 0 Å². The van der Waals surface area contributed by atoms with Crippen molar-refractivity contribution in [3.05, 3.63) is 78.4 Å². The van der Waals surface area contributed by atoms with Gasteiger partial charge in [-0.05, 0) is 63.5 Å². The molecule has 0 spiro atoms. The van der Waals surface area contributed by atoms with Gasteiger partial charge in [0.15, 0.2) is 5.82 Å². The Hall–Kier alpha value is -3.29. The van der Waals surface area contributed by atoms with Crippen molar-refractivity contribution in [1.82, 2.24) is 15.1 Å². The molecule has 0 bridgehead atoms. The first-order valence-corrected chi connectivity index (χ1v) is 14.4. The number of benzene rings is 3.